The Morgan fingerprint density at radius 3 is 2.60 bits per heavy atom. The third-order valence-electron chi connectivity index (χ3n) is 4.93. The van der Waals surface area contributed by atoms with E-state index in [1.165, 1.54) is 6.20 Å². The Morgan fingerprint density at radius 2 is 1.83 bits per heavy atom. The van der Waals surface area contributed by atoms with Gasteiger partial charge in [-0.3, -0.25) is 19.6 Å². The molecule has 6 nitrogen and oxygen atoms in total. The fraction of sp³-hybridized carbons (Fsp3) is 0.167. The highest BCUT2D eigenvalue weighted by Gasteiger charge is 2.19. The van der Waals surface area contributed by atoms with E-state index in [9.17, 15) is 9.59 Å². The third-order valence-corrected chi connectivity index (χ3v) is 4.93. The molecule has 30 heavy (non-hydrogen) atoms. The quantitative estimate of drug-likeness (QED) is 0.488. The van der Waals surface area contributed by atoms with Gasteiger partial charge in [0.05, 0.1) is 23.8 Å². The summed E-state index contributed by atoms with van der Waals surface area (Å²) in [6.45, 7) is 4.14. The van der Waals surface area contributed by atoms with E-state index >= 15 is 0 Å². The Kier molecular flexibility index (Phi) is 5.39. The summed E-state index contributed by atoms with van der Waals surface area (Å²) in [4.78, 5) is 33.9. The van der Waals surface area contributed by atoms with E-state index < -0.39 is 0 Å². The minimum atomic E-state index is -0.159. The van der Waals surface area contributed by atoms with E-state index in [1.54, 1.807) is 24.7 Å². The van der Waals surface area contributed by atoms with E-state index in [2.05, 4.69) is 33.7 Å². The molecular formula is C24H22N4O2. The van der Waals surface area contributed by atoms with Crippen LogP contribution in [0.25, 0.3) is 10.9 Å². The van der Waals surface area contributed by atoms with Crippen molar-refractivity contribution in [3.8, 4) is 0 Å². The average Bonchev–Trinajstić information content (AvgIpc) is 3.14. The van der Waals surface area contributed by atoms with Crippen molar-refractivity contribution in [3.05, 3.63) is 90.1 Å². The van der Waals surface area contributed by atoms with Gasteiger partial charge in [0.1, 0.15) is 0 Å². The van der Waals surface area contributed by atoms with Crippen LogP contribution in [0.1, 0.15) is 41.4 Å². The van der Waals surface area contributed by atoms with Crippen LogP contribution in [-0.4, -0.2) is 26.2 Å². The number of nitrogens with zero attached hydrogens (tertiary/aromatic N) is 3. The number of pyridine rings is 2. The van der Waals surface area contributed by atoms with Crippen LogP contribution in [0.4, 0.5) is 5.69 Å². The smallest absolute Gasteiger partial charge is 0.228 e. The molecule has 4 aromatic rings. The number of amides is 1. The number of carbonyl (C=O) groups is 2. The number of hydrogen-bond donors (Lipinski definition) is 1. The summed E-state index contributed by atoms with van der Waals surface area (Å²) in [5.41, 5.74) is 3.36. The van der Waals surface area contributed by atoms with Crippen LogP contribution in [0.3, 0.4) is 0 Å². The lowest BCUT2D eigenvalue weighted by Crippen LogP contribution is -2.15. The van der Waals surface area contributed by atoms with Gasteiger partial charge in [-0.05, 0) is 31.5 Å². The van der Waals surface area contributed by atoms with E-state index in [4.69, 9.17) is 0 Å². The van der Waals surface area contributed by atoms with Crippen molar-refractivity contribution in [2.45, 2.75) is 26.3 Å². The highest BCUT2D eigenvalue weighted by Crippen LogP contribution is 2.26. The lowest BCUT2D eigenvalue weighted by molar-refractivity contribution is -0.115. The first-order chi connectivity index (χ1) is 14.5. The molecular weight excluding hydrogens is 376 g/mol. The number of rotatable bonds is 6. The van der Waals surface area contributed by atoms with Gasteiger partial charge in [-0.1, -0.05) is 30.3 Å². The summed E-state index contributed by atoms with van der Waals surface area (Å²) in [6, 6.07) is 13.3. The molecule has 0 aliphatic carbocycles. The molecule has 4 rings (SSSR count). The zero-order valence-electron chi connectivity index (χ0n) is 16.9. The summed E-state index contributed by atoms with van der Waals surface area (Å²) in [5, 5.41) is 3.63. The van der Waals surface area contributed by atoms with Crippen LogP contribution >= 0.6 is 0 Å². The second-order valence-corrected chi connectivity index (χ2v) is 7.44. The van der Waals surface area contributed by atoms with Gasteiger partial charge in [0.25, 0.3) is 0 Å². The predicted molar refractivity (Wildman–Crippen MR) is 117 cm³/mol. The molecule has 1 N–H and O–H groups in total. The van der Waals surface area contributed by atoms with Crippen LogP contribution in [0, 0.1) is 0 Å². The molecule has 0 fully saturated rings. The summed E-state index contributed by atoms with van der Waals surface area (Å²) < 4.78 is 2.06. The predicted octanol–water partition coefficient (Wildman–Crippen LogP) is 4.42. The molecule has 0 aliphatic heterocycles. The average molecular weight is 398 g/mol. The lowest BCUT2D eigenvalue weighted by Gasteiger charge is -2.08. The summed E-state index contributed by atoms with van der Waals surface area (Å²) in [5.74, 6) is -0.313. The zero-order chi connectivity index (χ0) is 21.1. The van der Waals surface area contributed by atoms with Crippen molar-refractivity contribution in [2.24, 2.45) is 0 Å². The van der Waals surface area contributed by atoms with Crippen LogP contribution < -0.4 is 5.32 Å². The van der Waals surface area contributed by atoms with Crippen molar-refractivity contribution < 1.29 is 9.59 Å². The molecule has 0 atom stereocenters. The van der Waals surface area contributed by atoms with Crippen molar-refractivity contribution in [1.29, 1.82) is 0 Å². The Morgan fingerprint density at radius 1 is 1.03 bits per heavy atom. The van der Waals surface area contributed by atoms with Gasteiger partial charge in [0.15, 0.2) is 5.78 Å². The van der Waals surface area contributed by atoms with Crippen molar-refractivity contribution in [1.82, 2.24) is 14.5 Å². The molecule has 0 saturated heterocycles. The molecule has 1 aromatic carbocycles. The van der Waals surface area contributed by atoms with Gasteiger partial charge in [0, 0.05) is 47.3 Å². The van der Waals surface area contributed by atoms with Crippen LogP contribution in [0.15, 0.2) is 73.4 Å². The number of ketones is 1. The molecule has 150 valence electrons. The topological polar surface area (TPSA) is 76.9 Å². The van der Waals surface area contributed by atoms with Crippen LogP contribution in [0.5, 0.6) is 0 Å². The summed E-state index contributed by atoms with van der Waals surface area (Å²) in [7, 11) is 0. The summed E-state index contributed by atoms with van der Waals surface area (Å²) >= 11 is 0. The second-order valence-electron chi connectivity index (χ2n) is 7.44. The largest absolute Gasteiger partial charge is 0.344 e. The standard InChI is InChI=1S/C24H22N4O2/c1-16(2)28-15-21(20-14-25-9-8-22(20)28)24(30)18-11-19(13-26-12-18)27-23(29)10-17-6-4-3-5-7-17/h3-9,11-16H,10H2,1-2H3,(H,27,29). The monoisotopic (exact) mass is 398 g/mol. The van der Waals surface area contributed by atoms with Crippen LogP contribution in [-0.2, 0) is 11.2 Å². The van der Waals surface area contributed by atoms with Gasteiger partial charge in [0.2, 0.25) is 5.91 Å². The molecule has 0 spiro atoms. The molecule has 0 saturated carbocycles. The first kappa shape index (κ1) is 19.5. The second kappa shape index (κ2) is 8.29. The molecule has 6 heteroatoms. The fourth-order valence-electron chi connectivity index (χ4n) is 3.48. The number of anilines is 1. The van der Waals surface area contributed by atoms with E-state index in [0.29, 0.717) is 16.8 Å². The maximum atomic E-state index is 13.2. The number of carbonyl (C=O) groups excluding carboxylic acids is 2. The molecule has 0 unspecified atom stereocenters. The van der Waals surface area contributed by atoms with Gasteiger partial charge in [-0.15, -0.1) is 0 Å². The Balaban J connectivity index is 1.59. The Labute approximate surface area is 174 Å². The third kappa shape index (κ3) is 3.98. The van der Waals surface area contributed by atoms with Crippen molar-refractivity contribution in [3.63, 3.8) is 0 Å². The maximum Gasteiger partial charge on any atom is 0.228 e. The first-order valence-electron chi connectivity index (χ1n) is 9.81. The van der Waals surface area contributed by atoms with E-state index in [-0.39, 0.29) is 24.2 Å². The van der Waals surface area contributed by atoms with Gasteiger partial charge < -0.3 is 9.88 Å². The number of aromatic nitrogens is 3. The van der Waals surface area contributed by atoms with Crippen molar-refractivity contribution >= 4 is 28.3 Å². The molecule has 0 radical (unpaired) electrons. The molecule has 1 amide bonds. The Hall–Kier alpha value is -3.80. The number of nitrogens with one attached hydrogen (secondary N) is 1. The maximum absolute atomic E-state index is 13.2. The molecule has 3 heterocycles. The summed E-state index contributed by atoms with van der Waals surface area (Å²) in [6.07, 6.45) is 8.61. The van der Waals surface area contributed by atoms with Crippen molar-refractivity contribution in [2.75, 3.05) is 5.32 Å². The highest BCUT2D eigenvalue weighted by molar-refractivity contribution is 6.16. The van der Waals surface area contributed by atoms with E-state index in [0.717, 1.165) is 16.5 Å². The van der Waals surface area contributed by atoms with Gasteiger partial charge in [-0.2, -0.15) is 0 Å². The zero-order valence-corrected chi connectivity index (χ0v) is 16.9. The minimum Gasteiger partial charge on any atom is -0.344 e. The normalized spacial score (nSPS) is 11.0. The first-order valence-corrected chi connectivity index (χ1v) is 9.81. The minimum absolute atomic E-state index is 0.154. The number of hydrogen-bond acceptors (Lipinski definition) is 4. The number of benzene rings is 1. The highest BCUT2D eigenvalue weighted by atomic mass is 16.1. The van der Waals surface area contributed by atoms with Gasteiger partial charge in [-0.25, -0.2) is 0 Å². The van der Waals surface area contributed by atoms with E-state index in [1.807, 2.05) is 42.6 Å². The number of fused-ring (bicyclic) bond motifs is 1. The molecule has 3 aromatic heterocycles. The molecule has 0 aliphatic rings. The fourth-order valence-corrected chi connectivity index (χ4v) is 3.48. The lowest BCUT2D eigenvalue weighted by atomic mass is 10.0. The molecule has 0 bridgehead atoms. The van der Waals surface area contributed by atoms with Gasteiger partial charge >= 0.3 is 0 Å². The van der Waals surface area contributed by atoms with Crippen LogP contribution in [0.2, 0.25) is 0 Å². The Bertz CT molecular complexity index is 1210. The SMILES string of the molecule is CC(C)n1cc(C(=O)c2cncc(NC(=O)Cc3ccccc3)c2)c2cnccc21.